The summed E-state index contributed by atoms with van der Waals surface area (Å²) in [6.45, 7) is 2.80. The van der Waals surface area contributed by atoms with E-state index in [1.807, 2.05) is 0 Å². The lowest BCUT2D eigenvalue weighted by molar-refractivity contribution is -0.384. The smallest absolute Gasteiger partial charge is 0.287 e. The number of rotatable bonds is 2. The van der Waals surface area contributed by atoms with Crippen molar-refractivity contribution in [1.82, 2.24) is 14.8 Å². The van der Waals surface area contributed by atoms with E-state index in [0.717, 1.165) is 13.1 Å². The van der Waals surface area contributed by atoms with Gasteiger partial charge in [-0.15, -0.1) is 0 Å². The molecule has 1 aliphatic rings. The minimum absolute atomic E-state index is 0.0500. The first-order valence-corrected chi connectivity index (χ1v) is 5.40. The van der Waals surface area contributed by atoms with Crippen LogP contribution in [0.1, 0.15) is 10.5 Å². The molecule has 2 rings (SSSR count). The summed E-state index contributed by atoms with van der Waals surface area (Å²) in [5.74, 6) is -0.151. The number of nitrogens with one attached hydrogen (secondary N) is 1. The highest BCUT2D eigenvalue weighted by Gasteiger charge is 2.23. The van der Waals surface area contributed by atoms with Gasteiger partial charge < -0.3 is 14.8 Å². The Hall–Kier alpha value is -1.89. The molecule has 0 saturated carbocycles. The predicted octanol–water partition coefficient (Wildman–Crippen LogP) is -0.0213. The number of hydrogen-bond donors (Lipinski definition) is 1. The van der Waals surface area contributed by atoms with Crippen LogP contribution in [-0.4, -0.2) is 46.5 Å². The van der Waals surface area contributed by atoms with E-state index in [1.54, 1.807) is 11.9 Å². The summed E-state index contributed by atoms with van der Waals surface area (Å²) in [6.07, 6.45) is 1.36. The fourth-order valence-electron chi connectivity index (χ4n) is 1.89. The molecule has 7 nitrogen and oxygen atoms in total. The molecule has 7 heteroatoms. The molecule has 2 heterocycles. The molecule has 0 aliphatic carbocycles. The van der Waals surface area contributed by atoms with E-state index in [0.29, 0.717) is 18.8 Å². The summed E-state index contributed by atoms with van der Waals surface area (Å²) < 4.78 is 1.50. The van der Waals surface area contributed by atoms with Crippen LogP contribution in [-0.2, 0) is 7.05 Å². The molecule has 0 radical (unpaired) electrons. The van der Waals surface area contributed by atoms with Gasteiger partial charge in [-0.3, -0.25) is 14.9 Å². The van der Waals surface area contributed by atoms with Gasteiger partial charge in [0.2, 0.25) is 0 Å². The van der Waals surface area contributed by atoms with Crippen LogP contribution in [0.25, 0.3) is 0 Å². The normalized spacial score (nSPS) is 15.9. The number of piperazine rings is 1. The zero-order chi connectivity index (χ0) is 12.4. The van der Waals surface area contributed by atoms with Crippen LogP contribution in [0.5, 0.6) is 0 Å². The number of hydrogen-bond acceptors (Lipinski definition) is 4. The molecule has 17 heavy (non-hydrogen) atoms. The minimum Gasteiger partial charge on any atom is -0.340 e. The van der Waals surface area contributed by atoms with Gasteiger partial charge in [-0.25, -0.2) is 0 Å². The summed E-state index contributed by atoms with van der Waals surface area (Å²) in [4.78, 5) is 23.9. The Morgan fingerprint density at radius 3 is 2.65 bits per heavy atom. The average Bonchev–Trinajstić information content (AvgIpc) is 2.72. The molecular weight excluding hydrogens is 224 g/mol. The molecule has 1 saturated heterocycles. The summed E-state index contributed by atoms with van der Waals surface area (Å²) in [7, 11) is 1.64. The van der Waals surface area contributed by atoms with E-state index in [9.17, 15) is 14.9 Å². The second-order valence-electron chi connectivity index (χ2n) is 3.99. The van der Waals surface area contributed by atoms with E-state index < -0.39 is 4.92 Å². The van der Waals surface area contributed by atoms with Crippen LogP contribution < -0.4 is 5.32 Å². The zero-order valence-corrected chi connectivity index (χ0v) is 9.55. The van der Waals surface area contributed by atoms with E-state index in [2.05, 4.69) is 5.32 Å². The third-order valence-electron chi connectivity index (χ3n) is 2.82. The highest BCUT2D eigenvalue weighted by molar-refractivity contribution is 5.93. The topological polar surface area (TPSA) is 80.4 Å². The van der Waals surface area contributed by atoms with Gasteiger partial charge in [-0.2, -0.15) is 0 Å². The Labute approximate surface area is 98.2 Å². The first-order valence-electron chi connectivity index (χ1n) is 5.40. The summed E-state index contributed by atoms with van der Waals surface area (Å²) >= 11 is 0. The number of amides is 1. The van der Waals surface area contributed by atoms with E-state index in [1.165, 1.54) is 16.8 Å². The lowest BCUT2D eigenvalue weighted by atomic mass is 10.3. The largest absolute Gasteiger partial charge is 0.340 e. The van der Waals surface area contributed by atoms with Gasteiger partial charge >= 0.3 is 0 Å². The summed E-state index contributed by atoms with van der Waals surface area (Å²) in [6, 6.07) is 1.32. The molecule has 0 atom stereocenters. The monoisotopic (exact) mass is 238 g/mol. The van der Waals surface area contributed by atoms with Gasteiger partial charge in [0.25, 0.3) is 11.6 Å². The fourth-order valence-corrected chi connectivity index (χ4v) is 1.89. The number of nitrogens with zero attached hydrogens (tertiary/aromatic N) is 3. The van der Waals surface area contributed by atoms with Crippen molar-refractivity contribution in [2.24, 2.45) is 7.05 Å². The zero-order valence-electron chi connectivity index (χ0n) is 9.55. The van der Waals surface area contributed by atoms with Crippen molar-refractivity contribution in [3.63, 3.8) is 0 Å². The average molecular weight is 238 g/mol. The third kappa shape index (κ3) is 2.28. The quantitative estimate of drug-likeness (QED) is 0.580. The summed E-state index contributed by atoms with van der Waals surface area (Å²) in [5.41, 5.74) is 0.310. The Kier molecular flexibility index (Phi) is 3.10. The number of aromatic nitrogens is 1. The van der Waals surface area contributed by atoms with Crippen molar-refractivity contribution in [2.75, 3.05) is 26.2 Å². The van der Waals surface area contributed by atoms with E-state index >= 15 is 0 Å². The molecule has 1 aromatic heterocycles. The Bertz CT molecular complexity index is 448. The maximum Gasteiger partial charge on any atom is 0.287 e. The highest BCUT2D eigenvalue weighted by atomic mass is 16.6. The van der Waals surface area contributed by atoms with E-state index in [-0.39, 0.29) is 11.6 Å². The molecule has 92 valence electrons. The Morgan fingerprint density at radius 1 is 1.47 bits per heavy atom. The SMILES string of the molecule is Cn1cc([N+](=O)[O-])cc1C(=O)N1CCNCC1. The molecule has 1 amide bonds. The van der Waals surface area contributed by atoms with Crippen molar-refractivity contribution in [3.8, 4) is 0 Å². The van der Waals surface area contributed by atoms with Gasteiger partial charge in [0.15, 0.2) is 0 Å². The molecule has 1 aromatic rings. The number of nitro groups is 1. The van der Waals surface area contributed by atoms with Crippen molar-refractivity contribution < 1.29 is 9.72 Å². The van der Waals surface area contributed by atoms with Crippen LogP contribution in [0, 0.1) is 10.1 Å². The van der Waals surface area contributed by atoms with Crippen molar-refractivity contribution in [1.29, 1.82) is 0 Å². The summed E-state index contributed by atoms with van der Waals surface area (Å²) in [5, 5.41) is 13.8. The third-order valence-corrected chi connectivity index (χ3v) is 2.82. The second kappa shape index (κ2) is 4.54. The standard InChI is InChI=1S/C10H14N4O3/c1-12-7-8(14(16)17)6-9(12)10(15)13-4-2-11-3-5-13/h6-7,11H,2-5H2,1H3. The van der Waals surface area contributed by atoms with E-state index in [4.69, 9.17) is 0 Å². The molecule has 1 fully saturated rings. The maximum atomic E-state index is 12.1. The van der Waals surface area contributed by atoms with Gasteiger partial charge in [0, 0.05) is 39.3 Å². The lowest BCUT2D eigenvalue weighted by Crippen LogP contribution is -2.46. The van der Waals surface area contributed by atoms with Gasteiger partial charge in [-0.1, -0.05) is 0 Å². The molecule has 1 N–H and O–H groups in total. The van der Waals surface area contributed by atoms with Gasteiger partial charge in [0.05, 0.1) is 11.1 Å². The van der Waals surface area contributed by atoms with Gasteiger partial charge in [0.1, 0.15) is 5.69 Å². The first-order chi connectivity index (χ1) is 8.09. The van der Waals surface area contributed by atoms with Crippen LogP contribution in [0.3, 0.4) is 0 Å². The minimum atomic E-state index is -0.492. The van der Waals surface area contributed by atoms with Crippen LogP contribution in [0.15, 0.2) is 12.3 Å². The fraction of sp³-hybridized carbons (Fsp3) is 0.500. The Balaban J connectivity index is 2.20. The van der Waals surface area contributed by atoms with Crippen LogP contribution in [0.4, 0.5) is 5.69 Å². The number of carbonyl (C=O) groups is 1. The molecule has 0 spiro atoms. The van der Waals surface area contributed by atoms with Crippen LogP contribution >= 0.6 is 0 Å². The van der Waals surface area contributed by atoms with Crippen LogP contribution in [0.2, 0.25) is 0 Å². The van der Waals surface area contributed by atoms with Crippen molar-refractivity contribution in [3.05, 3.63) is 28.1 Å². The maximum absolute atomic E-state index is 12.1. The molecule has 1 aliphatic heterocycles. The molecule has 0 bridgehead atoms. The Morgan fingerprint density at radius 2 is 2.12 bits per heavy atom. The first kappa shape index (κ1) is 11.6. The number of aryl methyl sites for hydroxylation is 1. The molecule has 0 unspecified atom stereocenters. The van der Waals surface area contributed by atoms with Crippen molar-refractivity contribution in [2.45, 2.75) is 0 Å². The molecular formula is C10H14N4O3. The predicted molar refractivity (Wildman–Crippen MR) is 60.8 cm³/mol. The lowest BCUT2D eigenvalue weighted by Gasteiger charge is -2.27. The van der Waals surface area contributed by atoms with Crippen molar-refractivity contribution >= 4 is 11.6 Å². The number of carbonyl (C=O) groups excluding carboxylic acids is 1. The second-order valence-corrected chi connectivity index (χ2v) is 3.99. The molecule has 0 aromatic carbocycles. The van der Waals surface area contributed by atoms with Gasteiger partial charge in [-0.05, 0) is 0 Å². The highest BCUT2D eigenvalue weighted by Crippen LogP contribution is 2.16.